The van der Waals surface area contributed by atoms with Crippen LogP contribution in [0.15, 0.2) is 18.2 Å². The van der Waals surface area contributed by atoms with Crippen LogP contribution in [0.2, 0.25) is 0 Å². The van der Waals surface area contributed by atoms with Crippen molar-refractivity contribution in [2.24, 2.45) is 0 Å². The fourth-order valence-electron chi connectivity index (χ4n) is 2.89. The Labute approximate surface area is 132 Å². The van der Waals surface area contributed by atoms with Crippen LogP contribution in [0.4, 0.5) is 0 Å². The third kappa shape index (κ3) is 3.65. The van der Waals surface area contributed by atoms with E-state index in [0.717, 1.165) is 35.9 Å². The normalized spacial score (nSPS) is 21.0. The zero-order valence-corrected chi connectivity index (χ0v) is 14.2. The van der Waals surface area contributed by atoms with Crippen LogP contribution in [0, 0.1) is 0 Å². The van der Waals surface area contributed by atoms with Crippen molar-refractivity contribution in [2.75, 3.05) is 45.9 Å². The van der Waals surface area contributed by atoms with Gasteiger partial charge in [0.1, 0.15) is 11.5 Å². The highest BCUT2D eigenvalue weighted by Crippen LogP contribution is 2.38. The molecule has 1 heterocycles. The molecular weight excluding hydrogens is 284 g/mol. The highest BCUT2D eigenvalue weighted by Gasteiger charge is 2.32. The first-order valence-corrected chi connectivity index (χ1v) is 8.60. The highest BCUT2D eigenvalue weighted by molar-refractivity contribution is 7.99. The van der Waals surface area contributed by atoms with Crippen LogP contribution < -0.4 is 14.8 Å². The first kappa shape index (κ1) is 16.5. The largest absolute Gasteiger partial charge is 0.496 e. The van der Waals surface area contributed by atoms with E-state index in [4.69, 9.17) is 9.47 Å². The lowest BCUT2D eigenvalue weighted by Crippen LogP contribution is -2.48. The van der Waals surface area contributed by atoms with E-state index >= 15 is 0 Å². The van der Waals surface area contributed by atoms with E-state index in [-0.39, 0.29) is 6.04 Å². The summed E-state index contributed by atoms with van der Waals surface area (Å²) < 4.78 is 11.2. The van der Waals surface area contributed by atoms with Crippen LogP contribution in [-0.4, -0.2) is 56.8 Å². The Morgan fingerprint density at radius 2 is 2.00 bits per heavy atom. The smallest absolute Gasteiger partial charge is 0.127 e. The molecule has 1 aromatic carbocycles. The van der Waals surface area contributed by atoms with Gasteiger partial charge >= 0.3 is 0 Å². The number of nitrogens with zero attached hydrogens (tertiary/aromatic N) is 1. The van der Waals surface area contributed by atoms with Crippen LogP contribution in [0.25, 0.3) is 0 Å². The van der Waals surface area contributed by atoms with E-state index in [9.17, 15) is 0 Å². The Bertz CT molecular complexity index is 434. The van der Waals surface area contributed by atoms with Gasteiger partial charge in [-0.05, 0) is 25.7 Å². The summed E-state index contributed by atoms with van der Waals surface area (Å²) in [6.07, 6.45) is 0. The van der Waals surface area contributed by atoms with Gasteiger partial charge < -0.3 is 14.8 Å². The molecule has 1 fully saturated rings. The van der Waals surface area contributed by atoms with Crippen molar-refractivity contribution >= 4 is 11.8 Å². The predicted octanol–water partition coefficient (Wildman–Crippen LogP) is 2.40. The fraction of sp³-hybridized carbons (Fsp3) is 0.625. The van der Waals surface area contributed by atoms with E-state index in [1.807, 2.05) is 30.0 Å². The Hall–Kier alpha value is -0.910. The van der Waals surface area contributed by atoms with Gasteiger partial charge in [-0.15, -0.1) is 0 Å². The molecule has 0 spiro atoms. The molecule has 1 aliphatic heterocycles. The number of thioether (sulfide) groups is 1. The average Bonchev–Trinajstić information content (AvgIpc) is 2.52. The van der Waals surface area contributed by atoms with Crippen molar-refractivity contribution in [2.45, 2.75) is 19.0 Å². The quantitative estimate of drug-likeness (QED) is 0.872. The van der Waals surface area contributed by atoms with Gasteiger partial charge in [-0.25, -0.2) is 0 Å². The lowest BCUT2D eigenvalue weighted by molar-refractivity contribution is 0.211. The van der Waals surface area contributed by atoms with Gasteiger partial charge in [0.05, 0.1) is 25.8 Å². The summed E-state index contributed by atoms with van der Waals surface area (Å²) in [5, 5.41) is 3.63. The summed E-state index contributed by atoms with van der Waals surface area (Å²) in [6.45, 7) is 4.18. The van der Waals surface area contributed by atoms with E-state index in [1.165, 1.54) is 5.75 Å². The first-order valence-electron chi connectivity index (χ1n) is 7.45. The number of benzene rings is 1. The Morgan fingerprint density at radius 1 is 1.33 bits per heavy atom. The predicted molar refractivity (Wildman–Crippen MR) is 89.7 cm³/mol. The molecule has 0 bridgehead atoms. The average molecular weight is 310 g/mol. The van der Waals surface area contributed by atoms with Crippen LogP contribution in [0.3, 0.4) is 0 Å². The molecule has 2 rings (SSSR count). The maximum Gasteiger partial charge on any atom is 0.127 e. The molecule has 1 aliphatic rings. The molecule has 0 radical (unpaired) electrons. The lowest BCUT2D eigenvalue weighted by atomic mass is 9.96. The second kappa shape index (κ2) is 7.92. The van der Waals surface area contributed by atoms with Crippen LogP contribution in [-0.2, 0) is 0 Å². The molecule has 1 aromatic rings. The molecule has 2 atom stereocenters. The van der Waals surface area contributed by atoms with Gasteiger partial charge in [-0.1, -0.05) is 13.0 Å². The summed E-state index contributed by atoms with van der Waals surface area (Å²) in [5.74, 6) is 4.11. The number of hydrogen-bond donors (Lipinski definition) is 1. The number of likely N-dealkylation sites (N-methyl/N-ethyl adjacent to an activating group) is 2. The second-order valence-corrected chi connectivity index (χ2v) is 6.38. The zero-order chi connectivity index (χ0) is 15.2. The fourth-order valence-corrected chi connectivity index (χ4v) is 4.17. The molecule has 21 heavy (non-hydrogen) atoms. The lowest BCUT2D eigenvalue weighted by Gasteiger charge is -2.39. The monoisotopic (exact) mass is 310 g/mol. The van der Waals surface area contributed by atoms with Crippen molar-refractivity contribution in [1.29, 1.82) is 0 Å². The van der Waals surface area contributed by atoms with Gasteiger partial charge in [-0.3, -0.25) is 4.90 Å². The van der Waals surface area contributed by atoms with Gasteiger partial charge in [0, 0.05) is 24.1 Å². The summed E-state index contributed by atoms with van der Waals surface area (Å²) in [4.78, 5) is 2.44. The SMILES string of the molecule is CCNC(c1c(OC)cccc1OC)C1CSCCN1C. The Kier molecular flexibility index (Phi) is 6.21. The van der Waals surface area contributed by atoms with Crippen LogP contribution >= 0.6 is 11.8 Å². The third-order valence-corrected chi connectivity index (χ3v) is 5.08. The van der Waals surface area contributed by atoms with Crippen molar-refractivity contribution < 1.29 is 9.47 Å². The summed E-state index contributed by atoms with van der Waals surface area (Å²) >= 11 is 2.02. The van der Waals surface area contributed by atoms with E-state index in [0.29, 0.717) is 6.04 Å². The summed E-state index contributed by atoms with van der Waals surface area (Å²) in [7, 11) is 5.65. The van der Waals surface area contributed by atoms with E-state index < -0.39 is 0 Å². The summed E-state index contributed by atoms with van der Waals surface area (Å²) in [5.41, 5.74) is 1.13. The van der Waals surface area contributed by atoms with Crippen molar-refractivity contribution in [3.05, 3.63) is 23.8 Å². The van der Waals surface area contributed by atoms with Crippen molar-refractivity contribution in [1.82, 2.24) is 10.2 Å². The number of nitrogens with one attached hydrogen (secondary N) is 1. The summed E-state index contributed by atoms with van der Waals surface area (Å²) in [6, 6.07) is 6.65. The molecule has 0 saturated carbocycles. The standard InChI is InChI=1S/C16H26N2O2S/c1-5-17-16(12-11-21-10-9-18(12)2)15-13(19-3)7-6-8-14(15)20-4/h6-8,12,16-17H,5,9-11H2,1-4H3. The topological polar surface area (TPSA) is 33.7 Å². The van der Waals surface area contributed by atoms with Gasteiger partial charge in [0.2, 0.25) is 0 Å². The highest BCUT2D eigenvalue weighted by atomic mass is 32.2. The third-order valence-electron chi connectivity index (χ3n) is 4.03. The molecule has 0 aromatic heterocycles. The molecule has 1 saturated heterocycles. The minimum atomic E-state index is 0.207. The number of ether oxygens (including phenoxy) is 2. The molecule has 2 unspecified atom stereocenters. The van der Waals surface area contributed by atoms with Crippen LogP contribution in [0.1, 0.15) is 18.5 Å². The maximum atomic E-state index is 5.60. The van der Waals surface area contributed by atoms with Crippen LogP contribution in [0.5, 0.6) is 11.5 Å². The zero-order valence-electron chi connectivity index (χ0n) is 13.4. The molecule has 118 valence electrons. The molecule has 1 N–H and O–H groups in total. The Morgan fingerprint density at radius 3 is 2.52 bits per heavy atom. The van der Waals surface area contributed by atoms with Gasteiger partial charge in [0.25, 0.3) is 0 Å². The van der Waals surface area contributed by atoms with Gasteiger partial charge in [0.15, 0.2) is 0 Å². The van der Waals surface area contributed by atoms with E-state index in [2.05, 4.69) is 24.2 Å². The van der Waals surface area contributed by atoms with Crippen molar-refractivity contribution in [3.8, 4) is 11.5 Å². The molecule has 5 heteroatoms. The molecule has 4 nitrogen and oxygen atoms in total. The first-order chi connectivity index (χ1) is 10.2. The number of rotatable bonds is 6. The van der Waals surface area contributed by atoms with Gasteiger partial charge in [-0.2, -0.15) is 11.8 Å². The van der Waals surface area contributed by atoms with Crippen molar-refractivity contribution in [3.63, 3.8) is 0 Å². The number of hydrogen-bond acceptors (Lipinski definition) is 5. The Balaban J connectivity index is 2.41. The number of methoxy groups -OCH3 is 2. The minimum absolute atomic E-state index is 0.207. The second-order valence-electron chi connectivity index (χ2n) is 5.23. The van der Waals surface area contributed by atoms with E-state index in [1.54, 1.807) is 14.2 Å². The molecule has 0 amide bonds. The minimum Gasteiger partial charge on any atom is -0.496 e. The molecule has 0 aliphatic carbocycles. The molecular formula is C16H26N2O2S. The maximum absolute atomic E-state index is 5.60.